The zero-order valence-corrected chi connectivity index (χ0v) is 13.9. The molecule has 0 atom stereocenters. The molecule has 0 bridgehead atoms. The number of sulfonamides is 1. The van der Waals surface area contributed by atoms with Gasteiger partial charge >= 0.3 is 0 Å². The van der Waals surface area contributed by atoms with Crippen LogP contribution < -0.4 is 4.90 Å². The second-order valence-corrected chi connectivity index (χ2v) is 8.21. The van der Waals surface area contributed by atoms with Crippen LogP contribution >= 0.6 is 11.3 Å². The van der Waals surface area contributed by atoms with E-state index >= 15 is 0 Å². The van der Waals surface area contributed by atoms with Crippen LogP contribution in [-0.2, 0) is 16.4 Å². The van der Waals surface area contributed by atoms with E-state index in [2.05, 4.69) is 9.88 Å². The van der Waals surface area contributed by atoms with Gasteiger partial charge in [0.25, 0.3) is 0 Å². The molecular weight excluding hydrogens is 318 g/mol. The van der Waals surface area contributed by atoms with Crippen molar-refractivity contribution in [3.63, 3.8) is 0 Å². The van der Waals surface area contributed by atoms with Gasteiger partial charge in [0.1, 0.15) is 0 Å². The maximum atomic E-state index is 12.4. The van der Waals surface area contributed by atoms with Gasteiger partial charge in [-0.2, -0.15) is 4.31 Å². The van der Waals surface area contributed by atoms with Crippen molar-refractivity contribution in [1.82, 2.24) is 9.29 Å². The molecule has 5 nitrogen and oxygen atoms in total. The Morgan fingerprint density at radius 3 is 2.45 bits per heavy atom. The van der Waals surface area contributed by atoms with E-state index in [9.17, 15) is 8.42 Å². The Morgan fingerprint density at radius 2 is 1.82 bits per heavy atom. The molecule has 0 N–H and O–H groups in total. The van der Waals surface area contributed by atoms with Crippen LogP contribution in [0.2, 0.25) is 0 Å². The van der Waals surface area contributed by atoms with E-state index in [1.807, 2.05) is 35.7 Å². The van der Waals surface area contributed by atoms with Crippen molar-refractivity contribution in [2.75, 3.05) is 36.8 Å². The first-order chi connectivity index (χ1) is 10.6. The molecule has 0 unspecified atom stereocenters. The van der Waals surface area contributed by atoms with Gasteiger partial charge in [0, 0.05) is 37.8 Å². The number of hydrogen-bond donors (Lipinski definition) is 0. The third-order valence-electron chi connectivity index (χ3n) is 3.81. The summed E-state index contributed by atoms with van der Waals surface area (Å²) in [6.45, 7) is 2.49. The maximum absolute atomic E-state index is 12.4. The normalized spacial score (nSPS) is 16.8. The minimum atomic E-state index is -3.18. The highest BCUT2D eigenvalue weighted by Crippen LogP contribution is 2.20. The summed E-state index contributed by atoms with van der Waals surface area (Å²) in [6, 6.07) is 9.76. The number of aryl methyl sites for hydroxylation is 1. The molecule has 0 saturated carbocycles. The molecule has 1 aromatic heterocycles. The van der Waals surface area contributed by atoms with Crippen LogP contribution in [0.3, 0.4) is 0 Å². The Labute approximate surface area is 135 Å². The van der Waals surface area contributed by atoms with E-state index in [-0.39, 0.29) is 5.75 Å². The summed E-state index contributed by atoms with van der Waals surface area (Å²) in [4.78, 5) is 6.43. The number of piperazine rings is 1. The number of thiazole rings is 1. The van der Waals surface area contributed by atoms with Crippen LogP contribution in [0.5, 0.6) is 0 Å². The van der Waals surface area contributed by atoms with Crippen LogP contribution in [0, 0.1) is 0 Å². The lowest BCUT2D eigenvalue weighted by molar-refractivity contribution is 0.384. The Kier molecular flexibility index (Phi) is 4.75. The second kappa shape index (κ2) is 6.76. The third kappa shape index (κ3) is 3.66. The molecule has 2 heterocycles. The highest BCUT2D eigenvalue weighted by Gasteiger charge is 2.27. The van der Waals surface area contributed by atoms with E-state index < -0.39 is 10.0 Å². The lowest BCUT2D eigenvalue weighted by atomic mass is 10.2. The fraction of sp³-hybridized carbons (Fsp3) is 0.400. The third-order valence-corrected chi connectivity index (χ3v) is 6.52. The van der Waals surface area contributed by atoms with E-state index in [1.54, 1.807) is 21.8 Å². The average molecular weight is 337 g/mol. The molecule has 1 saturated heterocycles. The fourth-order valence-corrected chi connectivity index (χ4v) is 4.72. The highest BCUT2D eigenvalue weighted by atomic mass is 32.2. The van der Waals surface area contributed by atoms with Crippen molar-refractivity contribution in [3.8, 4) is 0 Å². The van der Waals surface area contributed by atoms with E-state index in [1.165, 1.54) is 0 Å². The lowest BCUT2D eigenvalue weighted by Gasteiger charge is -2.33. The monoisotopic (exact) mass is 337 g/mol. The number of rotatable bonds is 5. The summed E-state index contributed by atoms with van der Waals surface area (Å²) in [7, 11) is -3.18. The van der Waals surface area contributed by atoms with Crippen LogP contribution in [-0.4, -0.2) is 49.6 Å². The molecule has 0 radical (unpaired) electrons. The first kappa shape index (κ1) is 15.5. The molecule has 1 aliphatic heterocycles. The predicted octanol–water partition coefficient (Wildman–Crippen LogP) is 1.84. The van der Waals surface area contributed by atoms with Crippen molar-refractivity contribution < 1.29 is 8.42 Å². The van der Waals surface area contributed by atoms with E-state index in [4.69, 9.17) is 0 Å². The Bertz CT molecular complexity index is 679. The summed E-state index contributed by atoms with van der Waals surface area (Å²) in [5.41, 5.74) is 1.06. The average Bonchev–Trinajstić information content (AvgIpc) is 3.09. The zero-order chi connectivity index (χ0) is 15.4. The number of hydrogen-bond acceptors (Lipinski definition) is 5. The molecule has 22 heavy (non-hydrogen) atoms. The number of anilines is 1. The number of benzene rings is 1. The molecule has 1 fully saturated rings. The van der Waals surface area contributed by atoms with Crippen LogP contribution in [0.1, 0.15) is 5.56 Å². The molecule has 7 heteroatoms. The molecule has 1 aromatic carbocycles. The van der Waals surface area contributed by atoms with Crippen LogP contribution in [0.25, 0.3) is 0 Å². The molecule has 2 aromatic rings. The smallest absolute Gasteiger partial charge is 0.214 e. The highest BCUT2D eigenvalue weighted by molar-refractivity contribution is 7.89. The Morgan fingerprint density at radius 1 is 1.09 bits per heavy atom. The van der Waals surface area contributed by atoms with Gasteiger partial charge in [-0.3, -0.25) is 0 Å². The number of nitrogens with zero attached hydrogens (tertiary/aromatic N) is 3. The zero-order valence-electron chi connectivity index (χ0n) is 12.3. The van der Waals surface area contributed by atoms with Gasteiger partial charge in [0.05, 0.1) is 5.75 Å². The molecule has 0 spiro atoms. The standard InChI is InChI=1S/C15H19N3O2S2/c19-22(20,13-6-14-4-2-1-3-5-14)18-10-8-17(9-11-18)15-16-7-12-21-15/h1-5,7,12H,6,8-11,13H2. The van der Waals surface area contributed by atoms with Crippen LogP contribution in [0.15, 0.2) is 41.9 Å². The quantitative estimate of drug-likeness (QED) is 0.835. The molecule has 3 rings (SSSR count). The molecular formula is C15H19N3O2S2. The fourth-order valence-electron chi connectivity index (χ4n) is 2.55. The van der Waals surface area contributed by atoms with E-state index in [0.29, 0.717) is 32.6 Å². The van der Waals surface area contributed by atoms with Crippen molar-refractivity contribution in [1.29, 1.82) is 0 Å². The lowest BCUT2D eigenvalue weighted by Crippen LogP contribution is -2.49. The predicted molar refractivity (Wildman–Crippen MR) is 89.8 cm³/mol. The first-order valence-corrected chi connectivity index (χ1v) is 9.80. The number of aromatic nitrogens is 1. The van der Waals surface area contributed by atoms with Gasteiger partial charge < -0.3 is 4.90 Å². The van der Waals surface area contributed by atoms with Gasteiger partial charge in [-0.05, 0) is 12.0 Å². The van der Waals surface area contributed by atoms with Crippen LogP contribution in [0.4, 0.5) is 5.13 Å². The first-order valence-electron chi connectivity index (χ1n) is 7.31. The van der Waals surface area contributed by atoms with Crippen molar-refractivity contribution in [3.05, 3.63) is 47.5 Å². The summed E-state index contributed by atoms with van der Waals surface area (Å²) in [6.07, 6.45) is 2.35. The summed E-state index contributed by atoms with van der Waals surface area (Å²) in [5.74, 6) is 0.175. The minimum Gasteiger partial charge on any atom is -0.345 e. The van der Waals surface area contributed by atoms with Gasteiger partial charge in [0.15, 0.2) is 5.13 Å². The van der Waals surface area contributed by atoms with Gasteiger partial charge in [-0.25, -0.2) is 13.4 Å². The molecule has 0 amide bonds. The molecule has 0 aliphatic carbocycles. The van der Waals surface area contributed by atoms with Crippen molar-refractivity contribution >= 4 is 26.5 Å². The molecule has 118 valence electrons. The second-order valence-electron chi connectivity index (χ2n) is 5.25. The summed E-state index contributed by atoms with van der Waals surface area (Å²) in [5, 5.41) is 2.92. The van der Waals surface area contributed by atoms with Gasteiger partial charge in [0.2, 0.25) is 10.0 Å². The maximum Gasteiger partial charge on any atom is 0.214 e. The van der Waals surface area contributed by atoms with Crippen molar-refractivity contribution in [2.24, 2.45) is 0 Å². The molecule has 1 aliphatic rings. The SMILES string of the molecule is O=S(=O)(CCc1ccccc1)N1CCN(c2nccs2)CC1. The Balaban J connectivity index is 1.55. The van der Waals surface area contributed by atoms with E-state index in [0.717, 1.165) is 10.7 Å². The summed E-state index contributed by atoms with van der Waals surface area (Å²) >= 11 is 1.59. The Hall–Kier alpha value is -1.44. The van der Waals surface area contributed by atoms with Gasteiger partial charge in [-0.1, -0.05) is 30.3 Å². The van der Waals surface area contributed by atoms with Crippen molar-refractivity contribution in [2.45, 2.75) is 6.42 Å². The van der Waals surface area contributed by atoms with Gasteiger partial charge in [-0.15, -0.1) is 11.3 Å². The summed E-state index contributed by atoms with van der Waals surface area (Å²) < 4.78 is 26.5. The topological polar surface area (TPSA) is 53.5 Å². The minimum absolute atomic E-state index is 0.175. The largest absolute Gasteiger partial charge is 0.345 e.